The van der Waals surface area contributed by atoms with Crippen molar-refractivity contribution in [2.45, 2.75) is 6.92 Å². The molecule has 2 N–H and O–H groups in total. The molecule has 0 saturated carbocycles. The van der Waals surface area contributed by atoms with Crippen LogP contribution in [0.4, 0.5) is 0 Å². The molecule has 0 aliphatic heterocycles. The third-order valence-electron chi connectivity index (χ3n) is 1.59. The second kappa shape index (κ2) is 3.15. The van der Waals surface area contributed by atoms with Gasteiger partial charge in [0, 0.05) is 4.47 Å². The third kappa shape index (κ3) is 1.43. The van der Waals surface area contributed by atoms with Crippen LogP contribution in [0.5, 0.6) is 5.75 Å². The van der Waals surface area contributed by atoms with Gasteiger partial charge in [-0.1, -0.05) is 15.9 Å². The zero-order valence-corrected chi connectivity index (χ0v) is 7.92. The van der Waals surface area contributed by atoms with Crippen molar-refractivity contribution in [3.63, 3.8) is 0 Å². The Bertz CT molecular complexity index is 333. The monoisotopic (exact) mass is 230 g/mol. The Labute approximate surface area is 77.8 Å². The lowest BCUT2D eigenvalue weighted by Crippen LogP contribution is -2.00. The van der Waals surface area contributed by atoms with E-state index in [0.29, 0.717) is 10.0 Å². The van der Waals surface area contributed by atoms with Crippen molar-refractivity contribution in [3.05, 3.63) is 27.7 Å². The van der Waals surface area contributed by atoms with Crippen LogP contribution in [-0.4, -0.2) is 16.2 Å². The first-order chi connectivity index (χ1) is 5.54. The Morgan fingerprint density at radius 3 is 2.50 bits per heavy atom. The van der Waals surface area contributed by atoms with E-state index in [1.165, 1.54) is 6.07 Å². The molecule has 0 radical (unpaired) electrons. The minimum atomic E-state index is -1.12. The van der Waals surface area contributed by atoms with Crippen LogP contribution < -0.4 is 0 Å². The number of halogens is 1. The van der Waals surface area contributed by atoms with E-state index >= 15 is 0 Å². The molecule has 3 nitrogen and oxygen atoms in total. The molecule has 64 valence electrons. The molecule has 4 heteroatoms. The lowest BCUT2D eigenvalue weighted by molar-refractivity contribution is 0.0693. The van der Waals surface area contributed by atoms with Gasteiger partial charge in [-0.2, -0.15) is 0 Å². The fourth-order valence-corrected chi connectivity index (χ4v) is 1.27. The number of carboxylic acids is 1. The van der Waals surface area contributed by atoms with Crippen LogP contribution in [0.3, 0.4) is 0 Å². The standard InChI is InChI=1S/C8H7BrO3/c1-4-5(9)2-3-6(10)7(4)8(11)12/h2-3,10H,1H3,(H,11,12). The Morgan fingerprint density at radius 1 is 1.50 bits per heavy atom. The van der Waals surface area contributed by atoms with Crippen LogP contribution in [-0.2, 0) is 0 Å². The molecule has 0 bridgehead atoms. The molecule has 0 spiro atoms. The van der Waals surface area contributed by atoms with E-state index in [0.717, 1.165) is 0 Å². The zero-order valence-electron chi connectivity index (χ0n) is 6.34. The minimum Gasteiger partial charge on any atom is -0.507 e. The molecule has 0 heterocycles. The summed E-state index contributed by atoms with van der Waals surface area (Å²) in [7, 11) is 0. The second-order valence-electron chi connectivity index (χ2n) is 2.37. The Balaban J connectivity index is 3.43. The summed E-state index contributed by atoms with van der Waals surface area (Å²) in [4.78, 5) is 10.6. The number of rotatable bonds is 1. The highest BCUT2D eigenvalue weighted by Gasteiger charge is 2.14. The van der Waals surface area contributed by atoms with Crippen LogP contribution in [0, 0.1) is 6.92 Å². The average molecular weight is 231 g/mol. The summed E-state index contributed by atoms with van der Waals surface area (Å²) in [5.74, 6) is -1.32. The molecular formula is C8H7BrO3. The molecule has 1 rings (SSSR count). The van der Waals surface area contributed by atoms with E-state index in [1.54, 1.807) is 13.0 Å². The molecule has 12 heavy (non-hydrogen) atoms. The molecule has 0 atom stereocenters. The first kappa shape index (κ1) is 9.06. The number of carbonyl (C=O) groups is 1. The summed E-state index contributed by atoms with van der Waals surface area (Å²) in [6.45, 7) is 1.63. The molecular weight excluding hydrogens is 224 g/mol. The maximum absolute atomic E-state index is 10.6. The highest BCUT2D eigenvalue weighted by Crippen LogP contribution is 2.27. The predicted molar refractivity (Wildman–Crippen MR) is 47.5 cm³/mol. The Morgan fingerprint density at radius 2 is 2.08 bits per heavy atom. The molecule has 0 aliphatic carbocycles. The summed E-state index contributed by atoms with van der Waals surface area (Å²) >= 11 is 3.17. The zero-order chi connectivity index (χ0) is 9.30. The van der Waals surface area contributed by atoms with Crippen molar-refractivity contribution in [2.75, 3.05) is 0 Å². The van der Waals surface area contributed by atoms with Crippen LogP contribution in [0.1, 0.15) is 15.9 Å². The first-order valence-electron chi connectivity index (χ1n) is 3.25. The molecule has 0 fully saturated rings. The third-order valence-corrected chi connectivity index (χ3v) is 2.45. The Kier molecular flexibility index (Phi) is 2.38. The number of hydrogen-bond acceptors (Lipinski definition) is 2. The largest absolute Gasteiger partial charge is 0.507 e. The molecule has 0 unspecified atom stereocenters. The quantitative estimate of drug-likeness (QED) is 0.778. The fourth-order valence-electron chi connectivity index (χ4n) is 0.942. The summed E-state index contributed by atoms with van der Waals surface area (Å²) < 4.78 is 0.678. The first-order valence-corrected chi connectivity index (χ1v) is 4.04. The van der Waals surface area contributed by atoms with Crippen LogP contribution in [0.25, 0.3) is 0 Å². The average Bonchev–Trinajstić information content (AvgIpc) is 1.97. The van der Waals surface area contributed by atoms with Gasteiger partial charge in [0.2, 0.25) is 0 Å². The van der Waals surface area contributed by atoms with Crippen molar-refractivity contribution < 1.29 is 15.0 Å². The van der Waals surface area contributed by atoms with Crippen molar-refractivity contribution in [1.82, 2.24) is 0 Å². The van der Waals surface area contributed by atoms with Gasteiger partial charge in [0.15, 0.2) is 0 Å². The summed E-state index contributed by atoms with van der Waals surface area (Å²) in [5.41, 5.74) is 0.479. The van der Waals surface area contributed by atoms with Gasteiger partial charge in [0.05, 0.1) is 0 Å². The van der Waals surface area contributed by atoms with Gasteiger partial charge in [-0.3, -0.25) is 0 Å². The van der Waals surface area contributed by atoms with E-state index < -0.39 is 5.97 Å². The summed E-state index contributed by atoms with van der Waals surface area (Å²) in [6, 6.07) is 2.96. The highest BCUT2D eigenvalue weighted by molar-refractivity contribution is 9.10. The highest BCUT2D eigenvalue weighted by atomic mass is 79.9. The SMILES string of the molecule is Cc1c(Br)ccc(O)c1C(=O)O. The number of aromatic hydroxyl groups is 1. The second-order valence-corrected chi connectivity index (χ2v) is 3.23. The van der Waals surface area contributed by atoms with Gasteiger partial charge in [0.25, 0.3) is 0 Å². The molecule has 1 aromatic rings. The number of hydrogen-bond donors (Lipinski definition) is 2. The van der Waals surface area contributed by atoms with E-state index in [9.17, 15) is 9.90 Å². The smallest absolute Gasteiger partial charge is 0.339 e. The number of benzene rings is 1. The maximum Gasteiger partial charge on any atom is 0.339 e. The van der Waals surface area contributed by atoms with Gasteiger partial charge in [-0.05, 0) is 24.6 Å². The van der Waals surface area contributed by atoms with Gasteiger partial charge < -0.3 is 10.2 Å². The molecule has 0 aliphatic rings. The lowest BCUT2D eigenvalue weighted by atomic mass is 10.1. The molecule has 0 aromatic heterocycles. The topological polar surface area (TPSA) is 57.5 Å². The normalized spacial score (nSPS) is 9.83. The number of carboxylic acid groups (broad SMARTS) is 1. The molecule has 0 amide bonds. The van der Waals surface area contributed by atoms with E-state index in [1.807, 2.05) is 0 Å². The van der Waals surface area contributed by atoms with Gasteiger partial charge in [0.1, 0.15) is 11.3 Å². The summed E-state index contributed by atoms with van der Waals surface area (Å²) in [5, 5.41) is 17.9. The number of aromatic carboxylic acids is 1. The van der Waals surface area contributed by atoms with Gasteiger partial charge in [-0.25, -0.2) is 4.79 Å². The van der Waals surface area contributed by atoms with Crippen molar-refractivity contribution in [1.29, 1.82) is 0 Å². The van der Waals surface area contributed by atoms with Gasteiger partial charge in [-0.15, -0.1) is 0 Å². The lowest BCUT2D eigenvalue weighted by Gasteiger charge is -2.04. The van der Waals surface area contributed by atoms with Crippen molar-refractivity contribution in [2.24, 2.45) is 0 Å². The van der Waals surface area contributed by atoms with E-state index in [2.05, 4.69) is 15.9 Å². The Hall–Kier alpha value is -1.03. The van der Waals surface area contributed by atoms with Crippen molar-refractivity contribution in [3.8, 4) is 5.75 Å². The fraction of sp³-hybridized carbons (Fsp3) is 0.125. The molecule has 1 aromatic carbocycles. The number of phenols is 1. The minimum absolute atomic E-state index is 0.0515. The van der Waals surface area contributed by atoms with Crippen LogP contribution in [0.2, 0.25) is 0 Å². The van der Waals surface area contributed by atoms with Gasteiger partial charge >= 0.3 is 5.97 Å². The molecule has 0 saturated heterocycles. The van der Waals surface area contributed by atoms with E-state index in [4.69, 9.17) is 5.11 Å². The van der Waals surface area contributed by atoms with Crippen LogP contribution >= 0.6 is 15.9 Å². The van der Waals surface area contributed by atoms with Crippen LogP contribution in [0.15, 0.2) is 16.6 Å². The van der Waals surface area contributed by atoms with Crippen molar-refractivity contribution >= 4 is 21.9 Å². The maximum atomic E-state index is 10.6. The van der Waals surface area contributed by atoms with E-state index in [-0.39, 0.29) is 11.3 Å². The summed E-state index contributed by atoms with van der Waals surface area (Å²) in [6.07, 6.45) is 0. The predicted octanol–water partition coefficient (Wildman–Crippen LogP) is 2.16.